The summed E-state index contributed by atoms with van der Waals surface area (Å²) in [6.45, 7) is 0. The summed E-state index contributed by atoms with van der Waals surface area (Å²) in [7, 11) is 0. The number of hydrazine groups is 1. The summed E-state index contributed by atoms with van der Waals surface area (Å²) >= 11 is 0. The Hall–Kier alpha value is -2.65. The minimum Gasteiger partial charge on any atom is -0.324 e. The maximum absolute atomic E-state index is 12.4. The average Bonchev–Trinajstić information content (AvgIpc) is 2.54. The molecule has 3 aromatic rings. The highest BCUT2D eigenvalue weighted by molar-refractivity contribution is 6.10. The maximum atomic E-state index is 12.4. The highest BCUT2D eigenvalue weighted by atomic mass is 16.1. The molecule has 0 aliphatic carbocycles. The lowest BCUT2D eigenvalue weighted by molar-refractivity contribution is 0.103. The second kappa shape index (κ2) is 5.15. The highest BCUT2D eigenvalue weighted by Crippen LogP contribution is 2.19. The Morgan fingerprint density at radius 3 is 2.15 bits per heavy atom. The smallest absolute Gasteiger partial charge is 0.193 e. The van der Waals surface area contributed by atoms with E-state index in [0.29, 0.717) is 11.1 Å². The molecule has 0 unspecified atom stereocenters. The van der Waals surface area contributed by atoms with Crippen LogP contribution in [0.1, 0.15) is 15.9 Å². The number of fused-ring (bicyclic) bond motifs is 1. The third-order valence-electron chi connectivity index (χ3n) is 3.33. The first-order chi connectivity index (χ1) is 9.78. The van der Waals surface area contributed by atoms with E-state index < -0.39 is 0 Å². The quantitative estimate of drug-likeness (QED) is 0.432. The molecule has 3 N–H and O–H groups in total. The Morgan fingerprint density at radius 2 is 1.45 bits per heavy atom. The second-order valence-corrected chi connectivity index (χ2v) is 4.61. The van der Waals surface area contributed by atoms with E-state index in [1.54, 1.807) is 24.3 Å². The third-order valence-corrected chi connectivity index (χ3v) is 3.33. The Morgan fingerprint density at radius 1 is 0.800 bits per heavy atom. The maximum Gasteiger partial charge on any atom is 0.193 e. The molecule has 0 aliphatic heterocycles. The summed E-state index contributed by atoms with van der Waals surface area (Å²) in [4.78, 5) is 12.4. The molecule has 0 spiro atoms. The summed E-state index contributed by atoms with van der Waals surface area (Å²) in [6.07, 6.45) is 0. The Balaban J connectivity index is 1.98. The van der Waals surface area contributed by atoms with Crippen LogP contribution < -0.4 is 11.3 Å². The molecule has 3 nitrogen and oxygen atoms in total. The van der Waals surface area contributed by atoms with Gasteiger partial charge in [0, 0.05) is 16.8 Å². The summed E-state index contributed by atoms with van der Waals surface area (Å²) < 4.78 is 0. The zero-order valence-electron chi connectivity index (χ0n) is 10.8. The molecule has 0 fully saturated rings. The topological polar surface area (TPSA) is 55.1 Å². The summed E-state index contributed by atoms with van der Waals surface area (Å²) in [5.41, 5.74) is 4.67. The molecular weight excluding hydrogens is 248 g/mol. The van der Waals surface area contributed by atoms with Gasteiger partial charge in [0.1, 0.15) is 0 Å². The lowest BCUT2D eigenvalue weighted by atomic mass is 10.00. The summed E-state index contributed by atoms with van der Waals surface area (Å²) in [5, 5.41) is 2.20. The second-order valence-electron chi connectivity index (χ2n) is 4.61. The van der Waals surface area contributed by atoms with Gasteiger partial charge < -0.3 is 5.43 Å². The molecule has 0 heterocycles. The van der Waals surface area contributed by atoms with Gasteiger partial charge in [-0.3, -0.25) is 10.6 Å². The molecule has 0 atom stereocenters. The van der Waals surface area contributed by atoms with E-state index in [0.717, 1.165) is 16.5 Å². The van der Waals surface area contributed by atoms with E-state index in [2.05, 4.69) is 5.43 Å². The van der Waals surface area contributed by atoms with Crippen LogP contribution in [0.15, 0.2) is 66.7 Å². The van der Waals surface area contributed by atoms with Crippen molar-refractivity contribution in [2.75, 3.05) is 5.43 Å². The minimum absolute atomic E-state index is 0.0133. The minimum atomic E-state index is 0.0133. The normalized spacial score (nSPS) is 10.4. The van der Waals surface area contributed by atoms with Crippen molar-refractivity contribution >= 4 is 22.2 Å². The molecule has 0 radical (unpaired) electrons. The molecule has 0 aliphatic rings. The first-order valence-corrected chi connectivity index (χ1v) is 6.38. The van der Waals surface area contributed by atoms with Crippen molar-refractivity contribution in [3.05, 3.63) is 77.9 Å². The van der Waals surface area contributed by atoms with Gasteiger partial charge in [-0.2, -0.15) is 0 Å². The summed E-state index contributed by atoms with van der Waals surface area (Å²) in [5.74, 6) is 5.33. The van der Waals surface area contributed by atoms with Crippen LogP contribution in [0.4, 0.5) is 5.69 Å². The first kappa shape index (κ1) is 12.4. The standard InChI is InChI=1S/C17H14N2O/c18-19-16-9-7-13(8-10-16)17(20)15-6-5-12-3-1-2-4-14(12)11-15/h1-11,19H,18H2. The van der Waals surface area contributed by atoms with Crippen molar-refractivity contribution in [1.82, 2.24) is 0 Å². The predicted molar refractivity (Wildman–Crippen MR) is 81.6 cm³/mol. The van der Waals surface area contributed by atoms with Gasteiger partial charge in [-0.15, -0.1) is 0 Å². The molecule has 0 amide bonds. The Kier molecular flexibility index (Phi) is 3.19. The average molecular weight is 262 g/mol. The number of carbonyl (C=O) groups excluding carboxylic acids is 1. The number of ketones is 1. The van der Waals surface area contributed by atoms with Gasteiger partial charge >= 0.3 is 0 Å². The van der Waals surface area contributed by atoms with Gasteiger partial charge in [0.25, 0.3) is 0 Å². The van der Waals surface area contributed by atoms with Crippen molar-refractivity contribution < 1.29 is 4.79 Å². The predicted octanol–water partition coefficient (Wildman–Crippen LogP) is 3.36. The van der Waals surface area contributed by atoms with Crippen LogP contribution in [-0.2, 0) is 0 Å². The van der Waals surface area contributed by atoms with Crippen molar-refractivity contribution in [2.45, 2.75) is 0 Å². The number of nitrogen functional groups attached to an aromatic ring is 1. The number of hydrogen-bond acceptors (Lipinski definition) is 3. The molecule has 3 rings (SSSR count). The van der Waals surface area contributed by atoms with Gasteiger partial charge in [-0.05, 0) is 41.1 Å². The van der Waals surface area contributed by atoms with Gasteiger partial charge in [-0.1, -0.05) is 36.4 Å². The molecule has 0 saturated carbocycles. The van der Waals surface area contributed by atoms with E-state index in [4.69, 9.17) is 5.84 Å². The number of benzene rings is 3. The number of hydrogen-bond donors (Lipinski definition) is 2. The molecule has 0 aromatic heterocycles. The molecule has 0 saturated heterocycles. The van der Waals surface area contributed by atoms with Gasteiger partial charge in [0.15, 0.2) is 5.78 Å². The zero-order valence-corrected chi connectivity index (χ0v) is 10.8. The van der Waals surface area contributed by atoms with Crippen molar-refractivity contribution in [3.63, 3.8) is 0 Å². The van der Waals surface area contributed by atoms with E-state index in [1.807, 2.05) is 42.5 Å². The largest absolute Gasteiger partial charge is 0.324 e. The molecular formula is C17H14N2O. The number of nitrogens with two attached hydrogens (primary N) is 1. The molecule has 98 valence electrons. The van der Waals surface area contributed by atoms with Gasteiger partial charge in [0.05, 0.1) is 0 Å². The van der Waals surface area contributed by atoms with Gasteiger partial charge in [0.2, 0.25) is 0 Å². The van der Waals surface area contributed by atoms with Gasteiger partial charge in [-0.25, -0.2) is 0 Å². The first-order valence-electron chi connectivity index (χ1n) is 6.38. The lowest BCUT2D eigenvalue weighted by Crippen LogP contribution is -2.07. The van der Waals surface area contributed by atoms with Crippen LogP contribution in [0.3, 0.4) is 0 Å². The van der Waals surface area contributed by atoms with Crippen LogP contribution in [-0.4, -0.2) is 5.78 Å². The zero-order chi connectivity index (χ0) is 13.9. The molecule has 3 heteroatoms. The van der Waals surface area contributed by atoms with Crippen molar-refractivity contribution in [1.29, 1.82) is 0 Å². The number of anilines is 1. The van der Waals surface area contributed by atoms with E-state index >= 15 is 0 Å². The monoisotopic (exact) mass is 262 g/mol. The van der Waals surface area contributed by atoms with Crippen LogP contribution in [0.25, 0.3) is 10.8 Å². The molecule has 3 aromatic carbocycles. The fourth-order valence-electron chi connectivity index (χ4n) is 2.22. The summed E-state index contributed by atoms with van der Waals surface area (Å²) in [6, 6.07) is 20.9. The third kappa shape index (κ3) is 2.27. The van der Waals surface area contributed by atoms with Crippen LogP contribution in [0, 0.1) is 0 Å². The SMILES string of the molecule is NNc1ccc(C(=O)c2ccc3ccccc3c2)cc1. The number of rotatable bonds is 3. The van der Waals surface area contributed by atoms with Crippen LogP contribution >= 0.6 is 0 Å². The van der Waals surface area contributed by atoms with E-state index in [-0.39, 0.29) is 5.78 Å². The fourth-order valence-corrected chi connectivity index (χ4v) is 2.22. The van der Waals surface area contributed by atoms with Crippen molar-refractivity contribution in [3.8, 4) is 0 Å². The van der Waals surface area contributed by atoms with Crippen LogP contribution in [0.5, 0.6) is 0 Å². The van der Waals surface area contributed by atoms with E-state index in [9.17, 15) is 4.79 Å². The Bertz CT molecular complexity index is 763. The fraction of sp³-hybridized carbons (Fsp3) is 0. The highest BCUT2D eigenvalue weighted by Gasteiger charge is 2.09. The molecule has 0 bridgehead atoms. The number of carbonyl (C=O) groups is 1. The van der Waals surface area contributed by atoms with Crippen molar-refractivity contribution in [2.24, 2.45) is 5.84 Å². The Labute approximate surface area is 117 Å². The van der Waals surface area contributed by atoms with E-state index in [1.165, 1.54) is 0 Å². The molecule has 20 heavy (non-hydrogen) atoms. The van der Waals surface area contributed by atoms with Crippen LogP contribution in [0.2, 0.25) is 0 Å². The lowest BCUT2D eigenvalue weighted by Gasteiger charge is -2.05. The number of nitrogens with one attached hydrogen (secondary N) is 1.